The number of hydrogen-bond donors (Lipinski definition) is 2. The second kappa shape index (κ2) is 10.3. The number of morpholine rings is 1. The molecule has 168 valence electrons. The molecule has 1 aliphatic rings. The van der Waals surface area contributed by atoms with Crippen LogP contribution in [0.15, 0.2) is 36.5 Å². The molecular weight excluding hydrogens is 435 g/mol. The number of pyridine rings is 1. The maximum Gasteiger partial charge on any atom is 0.244 e. The molecule has 0 spiro atoms. The lowest BCUT2D eigenvalue weighted by Gasteiger charge is -2.28. The van der Waals surface area contributed by atoms with Crippen LogP contribution in [0.25, 0.3) is 6.08 Å². The number of ether oxygens (including phenoxy) is 1. The van der Waals surface area contributed by atoms with Crippen LogP contribution in [-0.4, -0.2) is 51.9 Å². The molecule has 1 aromatic carbocycles. The highest BCUT2D eigenvalue weighted by atomic mass is 32.2. The number of amides is 1. The SMILES string of the molecule is C#Cc1cc(CNC(=O)C=Cc2cccnc2N2CCOCC2)cc(F)c1NS(C)(=O)=O. The van der Waals surface area contributed by atoms with Gasteiger partial charge in [-0.15, -0.1) is 6.42 Å². The molecule has 1 amide bonds. The van der Waals surface area contributed by atoms with E-state index in [1.54, 1.807) is 18.3 Å². The first-order valence-electron chi connectivity index (χ1n) is 9.77. The van der Waals surface area contributed by atoms with Crippen molar-refractivity contribution in [2.24, 2.45) is 0 Å². The van der Waals surface area contributed by atoms with Crippen LogP contribution in [-0.2, 0) is 26.1 Å². The molecule has 0 saturated carbocycles. The zero-order valence-electron chi connectivity index (χ0n) is 17.5. The number of anilines is 2. The van der Waals surface area contributed by atoms with E-state index in [9.17, 15) is 17.6 Å². The minimum absolute atomic E-state index is 0.0112. The van der Waals surface area contributed by atoms with E-state index in [4.69, 9.17) is 11.2 Å². The summed E-state index contributed by atoms with van der Waals surface area (Å²) < 4.78 is 44.6. The maximum absolute atomic E-state index is 14.4. The summed E-state index contributed by atoms with van der Waals surface area (Å²) in [5, 5.41) is 2.66. The molecule has 2 N–H and O–H groups in total. The van der Waals surface area contributed by atoms with E-state index in [1.807, 2.05) is 6.07 Å². The van der Waals surface area contributed by atoms with Crippen LogP contribution < -0.4 is 14.9 Å². The molecular formula is C22H23FN4O4S. The molecule has 0 bridgehead atoms. The minimum atomic E-state index is -3.70. The molecule has 0 radical (unpaired) electrons. The predicted molar refractivity (Wildman–Crippen MR) is 121 cm³/mol. The lowest BCUT2D eigenvalue weighted by molar-refractivity contribution is -0.116. The highest BCUT2D eigenvalue weighted by molar-refractivity contribution is 7.92. The molecule has 32 heavy (non-hydrogen) atoms. The molecule has 8 nitrogen and oxygen atoms in total. The van der Waals surface area contributed by atoms with E-state index in [0.717, 1.165) is 36.8 Å². The smallest absolute Gasteiger partial charge is 0.244 e. The van der Waals surface area contributed by atoms with Crippen molar-refractivity contribution < 1.29 is 22.3 Å². The highest BCUT2D eigenvalue weighted by Gasteiger charge is 2.16. The van der Waals surface area contributed by atoms with Gasteiger partial charge in [-0.05, 0) is 35.9 Å². The zero-order valence-corrected chi connectivity index (χ0v) is 18.3. The Morgan fingerprint density at radius 2 is 2.12 bits per heavy atom. The monoisotopic (exact) mass is 458 g/mol. The third-order valence-corrected chi connectivity index (χ3v) is 5.18. The maximum atomic E-state index is 14.4. The number of carbonyl (C=O) groups is 1. The summed E-state index contributed by atoms with van der Waals surface area (Å²) in [5.41, 5.74) is 0.936. The Bertz CT molecular complexity index is 1170. The van der Waals surface area contributed by atoms with Gasteiger partial charge in [0.05, 0.1) is 30.7 Å². The van der Waals surface area contributed by atoms with Gasteiger partial charge in [0, 0.05) is 37.5 Å². The van der Waals surface area contributed by atoms with Crippen LogP contribution in [0.4, 0.5) is 15.9 Å². The number of benzene rings is 1. The van der Waals surface area contributed by atoms with Gasteiger partial charge in [0.25, 0.3) is 0 Å². The number of nitrogens with one attached hydrogen (secondary N) is 2. The Morgan fingerprint density at radius 1 is 1.38 bits per heavy atom. The van der Waals surface area contributed by atoms with Crippen LogP contribution in [0.3, 0.4) is 0 Å². The second-order valence-corrected chi connectivity index (χ2v) is 8.83. The summed E-state index contributed by atoms with van der Waals surface area (Å²) in [7, 11) is -3.70. The fourth-order valence-corrected chi connectivity index (χ4v) is 3.74. The van der Waals surface area contributed by atoms with Crippen molar-refractivity contribution >= 4 is 33.5 Å². The largest absolute Gasteiger partial charge is 0.378 e. The third kappa shape index (κ3) is 6.29. The molecule has 1 aromatic heterocycles. The van der Waals surface area contributed by atoms with Gasteiger partial charge in [0.1, 0.15) is 11.6 Å². The Kier molecular flexibility index (Phi) is 7.45. The average Bonchev–Trinajstić information content (AvgIpc) is 2.77. The first-order chi connectivity index (χ1) is 15.3. The summed E-state index contributed by atoms with van der Waals surface area (Å²) in [4.78, 5) is 18.8. The molecule has 1 saturated heterocycles. The van der Waals surface area contributed by atoms with Crippen molar-refractivity contribution in [1.82, 2.24) is 10.3 Å². The number of rotatable bonds is 7. The van der Waals surface area contributed by atoms with Gasteiger partial charge in [0.15, 0.2) is 0 Å². The summed E-state index contributed by atoms with van der Waals surface area (Å²) in [5.74, 6) is 1.82. The quantitative estimate of drug-likeness (QED) is 0.484. The Hall–Kier alpha value is -3.42. The summed E-state index contributed by atoms with van der Waals surface area (Å²) in [6, 6.07) is 6.22. The number of carbonyl (C=O) groups excluding carboxylic acids is 1. The Morgan fingerprint density at radius 3 is 2.81 bits per heavy atom. The standard InChI is InChI=1S/C22H23FN4O4S/c1-3-17-13-16(14-19(23)21(17)26-32(2,29)30)15-25-20(28)7-6-18-5-4-8-24-22(18)27-9-11-31-12-10-27/h1,4-8,13-14,26H,9-12,15H2,2H3,(H,25,28). The van der Waals surface area contributed by atoms with Gasteiger partial charge >= 0.3 is 0 Å². The van der Waals surface area contributed by atoms with Crippen LogP contribution in [0.5, 0.6) is 0 Å². The molecule has 1 aliphatic heterocycles. The van der Waals surface area contributed by atoms with Crippen LogP contribution in [0.2, 0.25) is 0 Å². The lowest BCUT2D eigenvalue weighted by Crippen LogP contribution is -2.37. The van der Waals surface area contributed by atoms with Crippen molar-refractivity contribution in [3.8, 4) is 12.3 Å². The topological polar surface area (TPSA) is 101 Å². The van der Waals surface area contributed by atoms with Gasteiger partial charge in [-0.1, -0.05) is 5.92 Å². The number of hydrogen-bond acceptors (Lipinski definition) is 6. The van der Waals surface area contributed by atoms with E-state index in [1.165, 1.54) is 12.1 Å². The van der Waals surface area contributed by atoms with E-state index in [0.29, 0.717) is 18.8 Å². The van der Waals surface area contributed by atoms with Crippen LogP contribution >= 0.6 is 0 Å². The number of sulfonamides is 1. The van der Waals surface area contributed by atoms with Gasteiger partial charge in [-0.3, -0.25) is 9.52 Å². The fourth-order valence-electron chi connectivity index (χ4n) is 3.16. The highest BCUT2D eigenvalue weighted by Crippen LogP contribution is 2.23. The van der Waals surface area contributed by atoms with Gasteiger partial charge in [0.2, 0.25) is 15.9 Å². The van der Waals surface area contributed by atoms with Crippen molar-refractivity contribution in [3.05, 3.63) is 59.0 Å². The fraction of sp³-hybridized carbons (Fsp3) is 0.273. The molecule has 2 heterocycles. The van der Waals surface area contributed by atoms with Crippen LogP contribution in [0.1, 0.15) is 16.7 Å². The van der Waals surface area contributed by atoms with Gasteiger partial charge in [-0.25, -0.2) is 17.8 Å². The molecule has 0 unspecified atom stereocenters. The van der Waals surface area contributed by atoms with Gasteiger partial charge < -0.3 is 15.0 Å². The van der Waals surface area contributed by atoms with Crippen molar-refractivity contribution in [2.75, 3.05) is 42.2 Å². The Balaban J connectivity index is 1.67. The van der Waals surface area contributed by atoms with E-state index in [2.05, 4.69) is 25.8 Å². The van der Waals surface area contributed by atoms with E-state index >= 15 is 0 Å². The van der Waals surface area contributed by atoms with Crippen LogP contribution in [0, 0.1) is 18.2 Å². The number of terminal acetylenes is 1. The Labute approximate surface area is 186 Å². The van der Waals surface area contributed by atoms with Crippen molar-refractivity contribution in [3.63, 3.8) is 0 Å². The summed E-state index contributed by atoms with van der Waals surface area (Å²) >= 11 is 0. The molecule has 3 rings (SSSR count). The normalized spacial score (nSPS) is 14.2. The molecule has 0 aliphatic carbocycles. The average molecular weight is 459 g/mol. The second-order valence-electron chi connectivity index (χ2n) is 7.09. The molecule has 10 heteroatoms. The first kappa shape index (κ1) is 23.2. The minimum Gasteiger partial charge on any atom is -0.378 e. The summed E-state index contributed by atoms with van der Waals surface area (Å²) in [6.45, 7) is 2.69. The molecule has 1 fully saturated rings. The predicted octanol–water partition coefficient (Wildman–Crippen LogP) is 1.74. The number of nitrogens with zero attached hydrogens (tertiary/aromatic N) is 2. The van der Waals surface area contributed by atoms with E-state index < -0.39 is 15.8 Å². The zero-order chi connectivity index (χ0) is 23.1. The van der Waals surface area contributed by atoms with Crippen molar-refractivity contribution in [2.45, 2.75) is 6.54 Å². The van der Waals surface area contributed by atoms with Crippen molar-refractivity contribution in [1.29, 1.82) is 0 Å². The first-order valence-corrected chi connectivity index (χ1v) is 11.7. The molecule has 0 atom stereocenters. The molecule has 2 aromatic rings. The third-order valence-electron chi connectivity index (χ3n) is 4.60. The lowest BCUT2D eigenvalue weighted by atomic mass is 10.1. The van der Waals surface area contributed by atoms with E-state index in [-0.39, 0.29) is 23.7 Å². The number of aromatic nitrogens is 1. The van der Waals surface area contributed by atoms with Gasteiger partial charge in [-0.2, -0.15) is 0 Å². The summed E-state index contributed by atoms with van der Waals surface area (Å²) in [6.07, 6.45) is 11.0. The number of halogens is 1.